The maximum atomic E-state index is 13.0. The van der Waals surface area contributed by atoms with Crippen molar-refractivity contribution in [1.29, 1.82) is 0 Å². The van der Waals surface area contributed by atoms with Gasteiger partial charge in [0, 0.05) is 34.2 Å². The number of ether oxygens (including phenoxy) is 1. The molecule has 0 bridgehead atoms. The van der Waals surface area contributed by atoms with Crippen LogP contribution in [0, 0.1) is 5.92 Å². The summed E-state index contributed by atoms with van der Waals surface area (Å²) in [6.07, 6.45) is 6.40. The van der Waals surface area contributed by atoms with Gasteiger partial charge in [-0.25, -0.2) is 0 Å². The van der Waals surface area contributed by atoms with Crippen LogP contribution in [0.3, 0.4) is 0 Å². The minimum atomic E-state index is -0.472. The number of aliphatic imine (C=N–C) groups is 1. The zero-order valence-electron chi connectivity index (χ0n) is 14.5. The lowest BCUT2D eigenvalue weighted by Crippen LogP contribution is -2.38. The van der Waals surface area contributed by atoms with Gasteiger partial charge in [-0.2, -0.15) is 0 Å². The second-order valence-corrected chi connectivity index (χ2v) is 8.18. The summed E-state index contributed by atoms with van der Waals surface area (Å²) < 4.78 is 5.82. The Labute approximate surface area is 152 Å². The molecule has 4 rings (SSSR count). The normalized spacial score (nSPS) is 27.2. The second-order valence-electron chi connectivity index (χ2n) is 7.20. The van der Waals surface area contributed by atoms with Crippen molar-refractivity contribution in [3.8, 4) is 0 Å². The molecule has 0 radical (unpaired) electrons. The number of nitrogens with zero attached hydrogens (tertiary/aromatic N) is 1. The lowest BCUT2D eigenvalue weighted by molar-refractivity contribution is -0.151. The Morgan fingerprint density at radius 2 is 2.04 bits per heavy atom. The minimum Gasteiger partial charge on any atom is -0.462 e. The van der Waals surface area contributed by atoms with Crippen LogP contribution < -0.4 is 0 Å². The third-order valence-corrected chi connectivity index (χ3v) is 6.48. The molecule has 2 heterocycles. The minimum absolute atomic E-state index is 0.0294. The number of carbonyl (C=O) groups is 2. The molecule has 1 saturated carbocycles. The Morgan fingerprint density at radius 1 is 1.24 bits per heavy atom. The van der Waals surface area contributed by atoms with Gasteiger partial charge in [-0.3, -0.25) is 14.6 Å². The molecule has 25 heavy (non-hydrogen) atoms. The van der Waals surface area contributed by atoms with E-state index in [1.165, 1.54) is 0 Å². The van der Waals surface area contributed by atoms with Gasteiger partial charge in [-0.05, 0) is 56.9 Å². The third-order valence-electron chi connectivity index (χ3n) is 5.52. The Morgan fingerprint density at radius 3 is 2.76 bits per heavy atom. The first kappa shape index (κ1) is 16.7. The van der Waals surface area contributed by atoms with E-state index in [-0.39, 0.29) is 23.8 Å². The van der Waals surface area contributed by atoms with E-state index < -0.39 is 5.92 Å². The number of thiophene rings is 1. The first-order valence-electron chi connectivity index (χ1n) is 9.20. The highest BCUT2D eigenvalue weighted by atomic mass is 32.1. The summed E-state index contributed by atoms with van der Waals surface area (Å²) in [4.78, 5) is 31.4. The summed E-state index contributed by atoms with van der Waals surface area (Å²) in [5, 5.41) is 2.00. The lowest BCUT2D eigenvalue weighted by Gasteiger charge is -2.34. The van der Waals surface area contributed by atoms with E-state index >= 15 is 0 Å². The van der Waals surface area contributed by atoms with Crippen LogP contribution in [0.25, 0.3) is 0 Å². The Balaban J connectivity index is 1.71. The van der Waals surface area contributed by atoms with E-state index in [1.807, 2.05) is 24.4 Å². The standard InChI is InChI=1S/C20H23NO3S/c1-12-17(20(23)24-13-6-2-3-7-13)19(16-10-5-11-25-16)18-14(21-12)8-4-9-15(18)22/h5,10-11,13,17,19H,2-4,6-9H2,1H3/t17?,19-/m0/s1. The molecule has 0 aromatic carbocycles. The zero-order chi connectivity index (χ0) is 17.4. The molecule has 1 fully saturated rings. The highest BCUT2D eigenvalue weighted by molar-refractivity contribution is 7.10. The van der Waals surface area contributed by atoms with Crippen LogP contribution in [0.4, 0.5) is 0 Å². The van der Waals surface area contributed by atoms with E-state index in [0.29, 0.717) is 6.42 Å². The highest BCUT2D eigenvalue weighted by Gasteiger charge is 2.44. The number of esters is 1. The molecular formula is C20H23NO3S. The number of Topliss-reactive ketones (excluding diaryl/α,β-unsaturated/α-hetero) is 1. The molecule has 0 N–H and O–H groups in total. The first-order valence-corrected chi connectivity index (χ1v) is 10.1. The number of rotatable bonds is 3. The van der Waals surface area contributed by atoms with Gasteiger partial charge in [0.25, 0.3) is 0 Å². The molecule has 2 aliphatic carbocycles. The fraction of sp³-hybridized carbons (Fsp3) is 0.550. The van der Waals surface area contributed by atoms with E-state index in [2.05, 4.69) is 4.99 Å². The number of ketones is 1. The van der Waals surface area contributed by atoms with Crippen LogP contribution >= 0.6 is 11.3 Å². The summed E-state index contributed by atoms with van der Waals surface area (Å²) >= 11 is 1.60. The molecule has 2 atom stereocenters. The third kappa shape index (κ3) is 3.10. The summed E-state index contributed by atoms with van der Waals surface area (Å²) in [6, 6.07) is 4.00. The number of hydrogen-bond donors (Lipinski definition) is 0. The predicted octanol–water partition coefficient (Wildman–Crippen LogP) is 4.42. The van der Waals surface area contributed by atoms with Crippen LogP contribution in [-0.4, -0.2) is 23.6 Å². The maximum absolute atomic E-state index is 13.0. The average molecular weight is 357 g/mol. The topological polar surface area (TPSA) is 55.7 Å². The number of carbonyl (C=O) groups excluding carboxylic acids is 2. The Kier molecular flexibility index (Phi) is 4.59. The molecule has 0 spiro atoms. The van der Waals surface area contributed by atoms with Crippen molar-refractivity contribution < 1.29 is 14.3 Å². The maximum Gasteiger partial charge on any atom is 0.315 e. The molecule has 1 unspecified atom stereocenters. The molecule has 1 aromatic heterocycles. The van der Waals surface area contributed by atoms with Crippen molar-refractivity contribution in [1.82, 2.24) is 0 Å². The molecule has 4 nitrogen and oxygen atoms in total. The molecule has 0 amide bonds. The van der Waals surface area contributed by atoms with Gasteiger partial charge in [0.05, 0.1) is 0 Å². The molecule has 0 saturated heterocycles. The van der Waals surface area contributed by atoms with Crippen molar-refractivity contribution in [3.05, 3.63) is 33.7 Å². The Hall–Kier alpha value is -1.75. The molecule has 132 valence electrons. The van der Waals surface area contributed by atoms with Gasteiger partial charge in [-0.15, -0.1) is 11.3 Å². The predicted molar refractivity (Wildman–Crippen MR) is 97.9 cm³/mol. The van der Waals surface area contributed by atoms with Crippen molar-refractivity contribution in [3.63, 3.8) is 0 Å². The van der Waals surface area contributed by atoms with Gasteiger partial charge < -0.3 is 4.74 Å². The molecule has 1 aromatic rings. The second kappa shape index (κ2) is 6.87. The van der Waals surface area contributed by atoms with Crippen LogP contribution in [0.15, 0.2) is 33.8 Å². The SMILES string of the molecule is CC1=NC2=C(C(=O)CCC2)[C@@H](c2cccs2)C1C(=O)OC1CCCC1. The van der Waals surface area contributed by atoms with Crippen LogP contribution in [0.1, 0.15) is 62.7 Å². The fourth-order valence-corrected chi connectivity index (χ4v) is 5.20. The van der Waals surface area contributed by atoms with Gasteiger partial charge >= 0.3 is 5.97 Å². The van der Waals surface area contributed by atoms with Gasteiger partial charge in [0.1, 0.15) is 12.0 Å². The highest BCUT2D eigenvalue weighted by Crippen LogP contribution is 2.45. The fourth-order valence-electron chi connectivity index (χ4n) is 4.33. The molecule has 5 heteroatoms. The van der Waals surface area contributed by atoms with Crippen molar-refractivity contribution >= 4 is 28.8 Å². The van der Waals surface area contributed by atoms with E-state index in [1.54, 1.807) is 11.3 Å². The van der Waals surface area contributed by atoms with Crippen LogP contribution in [-0.2, 0) is 14.3 Å². The van der Waals surface area contributed by atoms with E-state index in [4.69, 9.17) is 4.74 Å². The average Bonchev–Trinajstić information content (AvgIpc) is 3.27. The smallest absolute Gasteiger partial charge is 0.315 e. The molecular weight excluding hydrogens is 334 g/mol. The van der Waals surface area contributed by atoms with Crippen LogP contribution in [0.5, 0.6) is 0 Å². The summed E-state index contributed by atoms with van der Waals surface area (Å²) in [5.41, 5.74) is 2.43. The van der Waals surface area contributed by atoms with Crippen molar-refractivity contribution in [2.75, 3.05) is 0 Å². The first-order chi connectivity index (χ1) is 12.1. The Bertz CT molecular complexity index is 741. The van der Waals surface area contributed by atoms with Gasteiger partial charge in [0.15, 0.2) is 5.78 Å². The lowest BCUT2D eigenvalue weighted by atomic mass is 9.74. The summed E-state index contributed by atoms with van der Waals surface area (Å²) in [7, 11) is 0. The monoisotopic (exact) mass is 357 g/mol. The number of allylic oxidation sites excluding steroid dienone is 2. The summed E-state index contributed by atoms with van der Waals surface area (Å²) in [5.74, 6) is -0.764. The molecule has 3 aliphatic rings. The molecule has 1 aliphatic heterocycles. The van der Waals surface area contributed by atoms with Gasteiger partial charge in [-0.1, -0.05) is 6.07 Å². The van der Waals surface area contributed by atoms with Crippen molar-refractivity contribution in [2.45, 2.75) is 63.9 Å². The quantitative estimate of drug-likeness (QED) is 0.753. The largest absolute Gasteiger partial charge is 0.462 e. The number of hydrogen-bond acceptors (Lipinski definition) is 5. The van der Waals surface area contributed by atoms with E-state index in [0.717, 1.165) is 60.4 Å². The summed E-state index contributed by atoms with van der Waals surface area (Å²) in [6.45, 7) is 1.91. The van der Waals surface area contributed by atoms with Crippen LogP contribution in [0.2, 0.25) is 0 Å². The zero-order valence-corrected chi connectivity index (χ0v) is 15.3. The van der Waals surface area contributed by atoms with Gasteiger partial charge in [0.2, 0.25) is 0 Å². The van der Waals surface area contributed by atoms with Crippen molar-refractivity contribution in [2.24, 2.45) is 10.9 Å². The van der Waals surface area contributed by atoms with E-state index in [9.17, 15) is 9.59 Å².